The second-order valence-electron chi connectivity index (χ2n) is 8.69. The first kappa shape index (κ1) is 19.2. The van der Waals surface area contributed by atoms with Gasteiger partial charge < -0.3 is 15.3 Å². The average Bonchev–Trinajstić information content (AvgIpc) is 3.09. The maximum absolute atomic E-state index is 13.1. The number of aromatic nitrogens is 1. The largest absolute Gasteiger partial charge is 0.390 e. The lowest BCUT2D eigenvalue weighted by atomic mass is 9.78. The molecule has 0 spiro atoms. The van der Waals surface area contributed by atoms with Gasteiger partial charge >= 0.3 is 0 Å². The lowest BCUT2D eigenvalue weighted by molar-refractivity contribution is -0.135. The predicted octanol–water partition coefficient (Wildman–Crippen LogP) is 1.17. The van der Waals surface area contributed by atoms with E-state index in [9.17, 15) is 19.5 Å². The fourth-order valence-electron chi connectivity index (χ4n) is 5.33. The van der Waals surface area contributed by atoms with Gasteiger partial charge in [0.1, 0.15) is 6.04 Å². The molecule has 0 radical (unpaired) electrons. The van der Waals surface area contributed by atoms with Gasteiger partial charge in [-0.05, 0) is 31.7 Å². The summed E-state index contributed by atoms with van der Waals surface area (Å²) >= 11 is 0. The van der Waals surface area contributed by atoms with Crippen LogP contribution >= 0.6 is 0 Å². The molecule has 1 aromatic heterocycles. The summed E-state index contributed by atoms with van der Waals surface area (Å²) in [6.07, 6.45) is 4.96. The molecule has 1 saturated carbocycles. The lowest BCUT2D eigenvalue weighted by Crippen LogP contribution is -2.54. The van der Waals surface area contributed by atoms with Gasteiger partial charge in [0, 0.05) is 50.2 Å². The monoisotopic (exact) mass is 387 g/mol. The number of nitrogens with zero attached hydrogens (tertiary/aromatic N) is 2. The molecule has 3 aliphatic rings. The standard InChI is InChI=1S/C21H29N3O4/c1-14(25)23-12-15-11-16(13-23)19(24-17(15)5-4-6-18(24)26)20(27)22-10-9-21(28)7-2-3-8-21/h4-6,15-16,19,28H,2-3,7-13H2,1H3,(H,22,27)/t15-,16+,19-/m1/s1. The molecule has 3 heterocycles. The molecule has 3 atom stereocenters. The SMILES string of the molecule is CC(=O)N1C[C@H]2C[C@@H](C1)[C@H](C(=O)NCCC1(O)CCCC1)n1c2cccc1=O. The number of rotatable bonds is 4. The van der Waals surface area contributed by atoms with Crippen LogP contribution in [0.5, 0.6) is 0 Å². The zero-order chi connectivity index (χ0) is 19.9. The molecule has 2 N–H and O–H groups in total. The highest BCUT2D eigenvalue weighted by atomic mass is 16.3. The highest BCUT2D eigenvalue weighted by Gasteiger charge is 2.44. The molecule has 1 aromatic rings. The number of hydrogen-bond donors (Lipinski definition) is 2. The number of carbonyl (C=O) groups is 2. The molecule has 1 saturated heterocycles. The number of nitrogens with one attached hydrogen (secondary N) is 1. The van der Waals surface area contributed by atoms with Gasteiger partial charge in [0.2, 0.25) is 11.8 Å². The van der Waals surface area contributed by atoms with Crippen LogP contribution in [0.1, 0.15) is 63.1 Å². The molecule has 2 fully saturated rings. The van der Waals surface area contributed by atoms with Crippen molar-refractivity contribution in [2.24, 2.45) is 5.92 Å². The van der Waals surface area contributed by atoms with Crippen LogP contribution in [0, 0.1) is 5.92 Å². The normalized spacial score (nSPS) is 27.9. The van der Waals surface area contributed by atoms with Gasteiger partial charge in [-0.2, -0.15) is 0 Å². The van der Waals surface area contributed by atoms with Crippen LogP contribution in [0.4, 0.5) is 0 Å². The van der Waals surface area contributed by atoms with Crippen LogP contribution in [0.25, 0.3) is 0 Å². The highest BCUT2D eigenvalue weighted by molar-refractivity contribution is 5.81. The minimum atomic E-state index is -0.671. The Labute approximate surface area is 164 Å². The Balaban J connectivity index is 1.56. The van der Waals surface area contributed by atoms with Crippen molar-refractivity contribution in [2.75, 3.05) is 19.6 Å². The van der Waals surface area contributed by atoms with E-state index in [1.807, 2.05) is 6.07 Å². The molecule has 2 amide bonds. The second-order valence-corrected chi connectivity index (χ2v) is 8.69. The first-order valence-electron chi connectivity index (χ1n) is 10.3. The summed E-state index contributed by atoms with van der Waals surface area (Å²) in [7, 11) is 0. The van der Waals surface area contributed by atoms with E-state index >= 15 is 0 Å². The van der Waals surface area contributed by atoms with Crippen molar-refractivity contribution < 1.29 is 14.7 Å². The Morgan fingerprint density at radius 2 is 2.00 bits per heavy atom. The van der Waals surface area contributed by atoms with Crippen molar-refractivity contribution in [1.29, 1.82) is 0 Å². The van der Waals surface area contributed by atoms with Gasteiger partial charge in [-0.15, -0.1) is 0 Å². The third kappa shape index (κ3) is 3.48. The molecular weight excluding hydrogens is 358 g/mol. The molecule has 0 unspecified atom stereocenters. The molecule has 1 aliphatic carbocycles. The quantitative estimate of drug-likeness (QED) is 0.811. The fraction of sp³-hybridized carbons (Fsp3) is 0.667. The summed E-state index contributed by atoms with van der Waals surface area (Å²) in [5.41, 5.74) is -0.00187. The third-order valence-corrected chi connectivity index (χ3v) is 6.79. The molecule has 0 aromatic carbocycles. The first-order chi connectivity index (χ1) is 13.4. The third-order valence-electron chi connectivity index (χ3n) is 6.79. The Morgan fingerprint density at radius 1 is 1.25 bits per heavy atom. The van der Waals surface area contributed by atoms with E-state index in [1.165, 1.54) is 6.07 Å². The van der Waals surface area contributed by atoms with Crippen molar-refractivity contribution >= 4 is 11.8 Å². The van der Waals surface area contributed by atoms with E-state index in [1.54, 1.807) is 22.5 Å². The summed E-state index contributed by atoms with van der Waals surface area (Å²) in [5.74, 6) is -0.182. The number of hydrogen-bond acceptors (Lipinski definition) is 4. The second kappa shape index (κ2) is 7.35. The minimum absolute atomic E-state index is 0.00374. The Bertz CT molecular complexity index is 827. The Hall–Kier alpha value is -2.15. The molecule has 7 nitrogen and oxygen atoms in total. The zero-order valence-corrected chi connectivity index (χ0v) is 16.4. The molecule has 28 heavy (non-hydrogen) atoms. The fourth-order valence-corrected chi connectivity index (χ4v) is 5.33. The highest BCUT2D eigenvalue weighted by Crippen LogP contribution is 2.41. The summed E-state index contributed by atoms with van der Waals surface area (Å²) in [5, 5.41) is 13.5. The van der Waals surface area contributed by atoms with E-state index < -0.39 is 11.6 Å². The van der Waals surface area contributed by atoms with E-state index in [0.717, 1.165) is 37.8 Å². The summed E-state index contributed by atoms with van der Waals surface area (Å²) in [6.45, 7) is 3.04. The van der Waals surface area contributed by atoms with Crippen molar-refractivity contribution in [3.63, 3.8) is 0 Å². The van der Waals surface area contributed by atoms with Crippen molar-refractivity contribution in [3.05, 3.63) is 34.2 Å². The zero-order valence-electron chi connectivity index (χ0n) is 16.4. The van der Waals surface area contributed by atoms with Crippen LogP contribution in [-0.4, -0.2) is 51.6 Å². The lowest BCUT2D eigenvalue weighted by Gasteiger charge is -2.46. The van der Waals surface area contributed by atoms with Crippen LogP contribution in [0.2, 0.25) is 0 Å². The van der Waals surface area contributed by atoms with Gasteiger partial charge in [0.15, 0.2) is 0 Å². The number of carbonyl (C=O) groups excluding carboxylic acids is 2. The summed E-state index contributed by atoms with van der Waals surface area (Å²) in [4.78, 5) is 39.5. The van der Waals surface area contributed by atoms with Crippen LogP contribution in [-0.2, 0) is 9.59 Å². The van der Waals surface area contributed by atoms with Gasteiger partial charge in [-0.1, -0.05) is 18.9 Å². The molecule has 7 heteroatoms. The molecule has 2 aliphatic heterocycles. The van der Waals surface area contributed by atoms with Gasteiger partial charge in [-0.3, -0.25) is 19.0 Å². The van der Waals surface area contributed by atoms with Gasteiger partial charge in [0.05, 0.1) is 5.60 Å². The minimum Gasteiger partial charge on any atom is -0.390 e. The maximum atomic E-state index is 13.1. The van der Waals surface area contributed by atoms with Crippen molar-refractivity contribution in [1.82, 2.24) is 14.8 Å². The molecule has 152 valence electrons. The maximum Gasteiger partial charge on any atom is 0.251 e. The van der Waals surface area contributed by atoms with Crippen molar-refractivity contribution in [3.8, 4) is 0 Å². The van der Waals surface area contributed by atoms with Crippen LogP contribution < -0.4 is 10.9 Å². The summed E-state index contributed by atoms with van der Waals surface area (Å²) in [6, 6.07) is 4.51. The number of fused-ring (bicyclic) bond motifs is 4. The summed E-state index contributed by atoms with van der Waals surface area (Å²) < 4.78 is 1.63. The smallest absolute Gasteiger partial charge is 0.251 e. The average molecular weight is 387 g/mol. The van der Waals surface area contributed by atoms with Crippen molar-refractivity contribution in [2.45, 2.75) is 63.0 Å². The van der Waals surface area contributed by atoms with Crippen LogP contribution in [0.3, 0.4) is 0 Å². The van der Waals surface area contributed by atoms with Crippen LogP contribution in [0.15, 0.2) is 23.0 Å². The van der Waals surface area contributed by atoms with E-state index in [4.69, 9.17) is 0 Å². The number of aliphatic hydroxyl groups is 1. The van der Waals surface area contributed by atoms with E-state index in [2.05, 4.69) is 5.32 Å². The topological polar surface area (TPSA) is 91.6 Å². The Kier molecular flexibility index (Phi) is 5.04. The van der Waals surface area contributed by atoms with Gasteiger partial charge in [-0.25, -0.2) is 0 Å². The molecule has 2 bridgehead atoms. The molecule has 4 rings (SSSR count). The molecular formula is C21H29N3O4. The first-order valence-corrected chi connectivity index (χ1v) is 10.3. The predicted molar refractivity (Wildman–Crippen MR) is 104 cm³/mol. The number of likely N-dealkylation sites (tertiary alicyclic amines) is 1. The number of pyridine rings is 1. The Morgan fingerprint density at radius 3 is 2.71 bits per heavy atom. The number of amides is 2. The van der Waals surface area contributed by atoms with E-state index in [0.29, 0.717) is 26.1 Å². The number of piperidine rings is 1. The van der Waals surface area contributed by atoms with Gasteiger partial charge in [0.25, 0.3) is 5.56 Å². The van der Waals surface area contributed by atoms with E-state index in [-0.39, 0.29) is 29.2 Å².